The zero-order valence-corrected chi connectivity index (χ0v) is 11.0. The smallest absolute Gasteiger partial charge is 0.0555 e. The lowest BCUT2D eigenvalue weighted by molar-refractivity contribution is 0.250. The van der Waals surface area contributed by atoms with Crippen LogP contribution in [0.4, 0.5) is 0 Å². The maximum absolute atomic E-state index is 8.92. The number of aliphatic hydroxyl groups excluding tert-OH is 1. The van der Waals surface area contributed by atoms with Gasteiger partial charge in [-0.3, -0.25) is 0 Å². The molecule has 2 nitrogen and oxygen atoms in total. The third-order valence-electron chi connectivity index (χ3n) is 2.02. The summed E-state index contributed by atoms with van der Waals surface area (Å²) in [6, 6.07) is 2.04. The molecule has 16 heavy (non-hydrogen) atoms. The molecule has 3 N–H and O–H groups in total. The molecule has 0 aliphatic heterocycles. The van der Waals surface area contributed by atoms with Gasteiger partial charge in [0.2, 0.25) is 0 Å². The number of hydrogen-bond donors (Lipinski definition) is 2. The summed E-state index contributed by atoms with van der Waals surface area (Å²) >= 11 is 3.58. The minimum Gasteiger partial charge on any atom is -0.396 e. The fraction of sp³-hybridized carbons (Fsp3) is 0.500. The van der Waals surface area contributed by atoms with Crippen LogP contribution in [0, 0.1) is 17.8 Å². The molecular formula is C12H17NOS2. The van der Waals surface area contributed by atoms with E-state index in [2.05, 4.69) is 24.1 Å². The number of hydrogen-bond acceptors (Lipinski definition) is 4. The van der Waals surface area contributed by atoms with Crippen molar-refractivity contribution in [2.24, 2.45) is 11.7 Å². The molecule has 1 heterocycles. The van der Waals surface area contributed by atoms with Crippen LogP contribution in [0.1, 0.15) is 17.4 Å². The van der Waals surface area contributed by atoms with Gasteiger partial charge in [-0.25, -0.2) is 0 Å². The van der Waals surface area contributed by atoms with Crippen molar-refractivity contribution in [1.29, 1.82) is 0 Å². The van der Waals surface area contributed by atoms with Crippen LogP contribution < -0.4 is 5.73 Å². The SMILES string of the molecule is CC(CO)CSCc1sccc1C#CCN. The van der Waals surface area contributed by atoms with Crippen molar-refractivity contribution in [3.05, 3.63) is 21.9 Å². The topological polar surface area (TPSA) is 46.2 Å². The van der Waals surface area contributed by atoms with Crippen molar-refractivity contribution >= 4 is 23.1 Å². The Labute approximate surface area is 105 Å². The lowest BCUT2D eigenvalue weighted by Gasteiger charge is -2.06. The third kappa shape index (κ3) is 4.58. The lowest BCUT2D eigenvalue weighted by atomic mass is 10.2. The van der Waals surface area contributed by atoms with Crippen molar-refractivity contribution in [3.63, 3.8) is 0 Å². The van der Waals surface area contributed by atoms with Gasteiger partial charge in [0.25, 0.3) is 0 Å². The maximum Gasteiger partial charge on any atom is 0.0555 e. The van der Waals surface area contributed by atoms with Gasteiger partial charge in [-0.05, 0) is 23.1 Å². The highest BCUT2D eigenvalue weighted by Crippen LogP contribution is 2.23. The minimum absolute atomic E-state index is 0.261. The van der Waals surface area contributed by atoms with E-state index in [4.69, 9.17) is 10.8 Å². The number of nitrogens with two attached hydrogens (primary N) is 1. The molecule has 1 rings (SSSR count). The van der Waals surface area contributed by atoms with E-state index >= 15 is 0 Å². The van der Waals surface area contributed by atoms with Gasteiger partial charge in [0.15, 0.2) is 0 Å². The van der Waals surface area contributed by atoms with Crippen LogP contribution in [0.15, 0.2) is 11.4 Å². The van der Waals surface area contributed by atoms with Crippen molar-refractivity contribution < 1.29 is 5.11 Å². The quantitative estimate of drug-likeness (QED) is 0.790. The molecule has 88 valence electrons. The molecule has 1 aromatic heterocycles. The Morgan fingerprint density at radius 1 is 1.62 bits per heavy atom. The largest absolute Gasteiger partial charge is 0.396 e. The first-order valence-electron chi connectivity index (χ1n) is 5.21. The van der Waals surface area contributed by atoms with Gasteiger partial charge in [-0.1, -0.05) is 18.8 Å². The van der Waals surface area contributed by atoms with E-state index in [-0.39, 0.29) is 6.61 Å². The lowest BCUT2D eigenvalue weighted by Crippen LogP contribution is -2.03. The molecule has 1 unspecified atom stereocenters. The average molecular weight is 255 g/mol. The molecule has 0 aliphatic carbocycles. The summed E-state index contributed by atoms with van der Waals surface area (Å²) < 4.78 is 0. The highest BCUT2D eigenvalue weighted by atomic mass is 32.2. The Kier molecular flexibility index (Phi) is 6.58. The summed E-state index contributed by atoms with van der Waals surface area (Å²) in [5, 5.41) is 11.0. The first-order valence-corrected chi connectivity index (χ1v) is 7.25. The molecule has 0 saturated heterocycles. The van der Waals surface area contributed by atoms with Gasteiger partial charge in [-0.15, -0.1) is 11.3 Å². The molecule has 0 aromatic carbocycles. The molecule has 0 spiro atoms. The van der Waals surface area contributed by atoms with E-state index in [1.165, 1.54) is 4.88 Å². The zero-order chi connectivity index (χ0) is 11.8. The predicted octanol–water partition coefficient (Wildman–Crippen LogP) is 1.92. The van der Waals surface area contributed by atoms with Gasteiger partial charge in [0.1, 0.15) is 0 Å². The number of thioether (sulfide) groups is 1. The van der Waals surface area contributed by atoms with Crippen LogP contribution in [0.5, 0.6) is 0 Å². The van der Waals surface area contributed by atoms with Crippen molar-refractivity contribution in [1.82, 2.24) is 0 Å². The van der Waals surface area contributed by atoms with E-state index in [1.54, 1.807) is 11.3 Å². The summed E-state index contributed by atoms with van der Waals surface area (Å²) in [5.74, 6) is 8.27. The second-order valence-electron chi connectivity index (χ2n) is 3.57. The van der Waals surface area contributed by atoms with Crippen LogP contribution in [0.2, 0.25) is 0 Å². The van der Waals surface area contributed by atoms with Crippen LogP contribution in [-0.2, 0) is 5.75 Å². The molecule has 1 atom stereocenters. The standard InChI is InChI=1S/C12H17NOS2/c1-10(7-14)8-15-9-12-11(3-2-5-13)4-6-16-12/h4,6,10,14H,5,7-9,13H2,1H3. The maximum atomic E-state index is 8.92. The molecule has 0 saturated carbocycles. The average Bonchev–Trinajstić information content (AvgIpc) is 2.73. The molecule has 1 aromatic rings. The van der Waals surface area contributed by atoms with Crippen LogP contribution in [-0.4, -0.2) is 24.0 Å². The van der Waals surface area contributed by atoms with Crippen LogP contribution >= 0.6 is 23.1 Å². The fourth-order valence-electron chi connectivity index (χ4n) is 1.12. The first kappa shape index (κ1) is 13.6. The van der Waals surface area contributed by atoms with Gasteiger partial charge >= 0.3 is 0 Å². The predicted molar refractivity (Wildman–Crippen MR) is 72.7 cm³/mol. The van der Waals surface area contributed by atoms with E-state index < -0.39 is 0 Å². The Hall–Kier alpha value is -0.470. The van der Waals surface area contributed by atoms with E-state index in [0.29, 0.717) is 12.5 Å². The van der Waals surface area contributed by atoms with Crippen LogP contribution in [0.25, 0.3) is 0 Å². The first-order chi connectivity index (χ1) is 7.77. The Morgan fingerprint density at radius 2 is 2.44 bits per heavy atom. The van der Waals surface area contributed by atoms with Gasteiger partial charge in [0.05, 0.1) is 6.54 Å². The van der Waals surface area contributed by atoms with Gasteiger partial charge in [0, 0.05) is 22.8 Å². The van der Waals surface area contributed by atoms with Gasteiger partial charge < -0.3 is 10.8 Å². The normalized spacial score (nSPS) is 11.9. The highest BCUT2D eigenvalue weighted by molar-refractivity contribution is 7.98. The summed E-state index contributed by atoms with van der Waals surface area (Å²) in [6.07, 6.45) is 0. The summed E-state index contributed by atoms with van der Waals surface area (Å²) in [4.78, 5) is 1.30. The minimum atomic E-state index is 0.261. The van der Waals surface area contributed by atoms with Crippen molar-refractivity contribution in [3.8, 4) is 11.8 Å². The van der Waals surface area contributed by atoms with Gasteiger partial charge in [-0.2, -0.15) is 11.8 Å². The molecule has 0 fully saturated rings. The molecule has 4 heteroatoms. The Morgan fingerprint density at radius 3 is 3.12 bits per heavy atom. The Balaban J connectivity index is 2.44. The number of rotatable bonds is 5. The van der Waals surface area contributed by atoms with E-state index in [0.717, 1.165) is 17.1 Å². The molecular weight excluding hydrogens is 238 g/mol. The molecule has 0 radical (unpaired) electrons. The van der Waals surface area contributed by atoms with Crippen molar-refractivity contribution in [2.75, 3.05) is 18.9 Å². The second kappa shape index (κ2) is 7.75. The monoisotopic (exact) mass is 255 g/mol. The zero-order valence-electron chi connectivity index (χ0n) is 9.40. The Bertz CT molecular complexity index is 365. The van der Waals surface area contributed by atoms with E-state index in [1.807, 2.05) is 17.8 Å². The number of aliphatic hydroxyl groups is 1. The summed E-state index contributed by atoms with van der Waals surface area (Å²) in [5.41, 5.74) is 6.45. The third-order valence-corrected chi connectivity index (χ3v) is 4.42. The summed E-state index contributed by atoms with van der Waals surface area (Å²) in [6.45, 7) is 2.72. The number of thiophene rings is 1. The molecule has 0 bridgehead atoms. The molecule has 0 amide bonds. The van der Waals surface area contributed by atoms with Crippen LogP contribution in [0.3, 0.4) is 0 Å². The summed E-state index contributed by atoms with van der Waals surface area (Å²) in [7, 11) is 0. The van der Waals surface area contributed by atoms with Crippen molar-refractivity contribution in [2.45, 2.75) is 12.7 Å². The fourth-order valence-corrected chi connectivity index (χ4v) is 3.22. The van der Waals surface area contributed by atoms with E-state index in [9.17, 15) is 0 Å². The second-order valence-corrected chi connectivity index (χ2v) is 5.60. The molecule has 0 aliphatic rings. The highest BCUT2D eigenvalue weighted by Gasteiger charge is 2.04.